The lowest BCUT2D eigenvalue weighted by Gasteiger charge is -2.38. The molecule has 3 heterocycles. The number of carbonyl (C=O) groups is 1. The van der Waals surface area contributed by atoms with Crippen molar-refractivity contribution < 1.29 is 22.7 Å². The van der Waals surface area contributed by atoms with E-state index in [1.807, 2.05) is 4.90 Å². The van der Waals surface area contributed by atoms with Crippen LogP contribution in [0.4, 0.5) is 0 Å². The number of piperidine rings is 1. The molecule has 2 saturated heterocycles. The van der Waals surface area contributed by atoms with Crippen molar-refractivity contribution in [2.75, 3.05) is 39.4 Å². The smallest absolute Gasteiger partial charge is 0.249 e. The Kier molecular flexibility index (Phi) is 5.07. The highest BCUT2D eigenvalue weighted by molar-refractivity contribution is 7.89. The van der Waals surface area contributed by atoms with E-state index in [1.165, 1.54) is 4.31 Å². The van der Waals surface area contributed by atoms with E-state index >= 15 is 0 Å². The van der Waals surface area contributed by atoms with Crippen LogP contribution >= 0.6 is 0 Å². The van der Waals surface area contributed by atoms with Crippen LogP contribution in [0.1, 0.15) is 19.3 Å². The van der Waals surface area contributed by atoms with Crippen molar-refractivity contribution in [3.8, 4) is 0 Å². The molecule has 3 aliphatic rings. The molecular formula is C19H24N2O5S. The number of ether oxygens (including phenoxy) is 2. The second-order valence-corrected chi connectivity index (χ2v) is 8.99. The van der Waals surface area contributed by atoms with Crippen molar-refractivity contribution >= 4 is 15.9 Å². The lowest BCUT2D eigenvalue weighted by Crippen LogP contribution is -2.48. The third-order valence-electron chi connectivity index (χ3n) is 5.45. The molecule has 7 nitrogen and oxygen atoms in total. The van der Waals surface area contributed by atoms with Crippen LogP contribution in [0.25, 0.3) is 0 Å². The van der Waals surface area contributed by atoms with E-state index in [0.29, 0.717) is 57.7 Å². The topological polar surface area (TPSA) is 76.2 Å². The van der Waals surface area contributed by atoms with Crippen LogP contribution in [0.3, 0.4) is 0 Å². The van der Waals surface area contributed by atoms with Crippen LogP contribution in [0, 0.1) is 0 Å². The molecule has 27 heavy (non-hydrogen) atoms. The van der Waals surface area contributed by atoms with Gasteiger partial charge in [0, 0.05) is 44.6 Å². The number of benzene rings is 1. The molecule has 1 aromatic carbocycles. The van der Waals surface area contributed by atoms with E-state index in [-0.39, 0.29) is 17.3 Å². The van der Waals surface area contributed by atoms with Crippen molar-refractivity contribution in [2.45, 2.75) is 29.9 Å². The Bertz CT molecular complexity index is 821. The molecule has 0 aliphatic carbocycles. The second kappa shape index (κ2) is 7.35. The highest BCUT2D eigenvalue weighted by Crippen LogP contribution is 2.32. The van der Waals surface area contributed by atoms with Gasteiger partial charge in [-0.3, -0.25) is 4.79 Å². The van der Waals surface area contributed by atoms with Gasteiger partial charge >= 0.3 is 0 Å². The van der Waals surface area contributed by atoms with Gasteiger partial charge in [-0.15, -0.1) is 0 Å². The minimum absolute atomic E-state index is 0.000365. The number of hydrogen-bond donors (Lipinski definition) is 0. The number of nitrogens with zero attached hydrogens (tertiary/aromatic N) is 2. The molecule has 0 saturated carbocycles. The molecule has 1 amide bonds. The van der Waals surface area contributed by atoms with Crippen LogP contribution in [0.2, 0.25) is 0 Å². The number of hydrogen-bond acceptors (Lipinski definition) is 5. The summed E-state index contributed by atoms with van der Waals surface area (Å²) in [6.07, 6.45) is 3.54. The van der Waals surface area contributed by atoms with E-state index in [4.69, 9.17) is 9.47 Å². The third-order valence-corrected chi connectivity index (χ3v) is 7.33. The summed E-state index contributed by atoms with van der Waals surface area (Å²) in [5.41, 5.74) is 0.693. The van der Waals surface area contributed by atoms with Gasteiger partial charge in [0.15, 0.2) is 5.79 Å². The maximum absolute atomic E-state index is 12.8. The number of sulfonamides is 1. The van der Waals surface area contributed by atoms with Crippen molar-refractivity contribution in [1.29, 1.82) is 0 Å². The Morgan fingerprint density at radius 1 is 1.00 bits per heavy atom. The summed E-state index contributed by atoms with van der Waals surface area (Å²) in [6.45, 7) is 2.97. The Balaban J connectivity index is 1.38. The van der Waals surface area contributed by atoms with Gasteiger partial charge in [-0.05, 0) is 18.6 Å². The van der Waals surface area contributed by atoms with Gasteiger partial charge in [0.2, 0.25) is 15.9 Å². The summed E-state index contributed by atoms with van der Waals surface area (Å²) >= 11 is 0. The summed E-state index contributed by atoms with van der Waals surface area (Å²) in [5.74, 6) is -0.502. The predicted molar refractivity (Wildman–Crippen MR) is 98.3 cm³/mol. The van der Waals surface area contributed by atoms with Gasteiger partial charge in [0.1, 0.15) is 0 Å². The third kappa shape index (κ3) is 3.67. The average molecular weight is 392 g/mol. The van der Waals surface area contributed by atoms with E-state index < -0.39 is 15.8 Å². The minimum Gasteiger partial charge on any atom is -0.347 e. The van der Waals surface area contributed by atoms with Gasteiger partial charge in [0.25, 0.3) is 0 Å². The largest absolute Gasteiger partial charge is 0.347 e. The predicted octanol–water partition coefficient (Wildman–Crippen LogP) is 1.37. The number of rotatable bonds is 3. The Labute approximate surface area is 159 Å². The van der Waals surface area contributed by atoms with Crippen LogP contribution in [0.5, 0.6) is 0 Å². The van der Waals surface area contributed by atoms with Crippen molar-refractivity contribution in [3.05, 3.63) is 42.0 Å². The number of likely N-dealkylation sites (tertiary alicyclic amines) is 1. The molecule has 8 heteroatoms. The fourth-order valence-electron chi connectivity index (χ4n) is 3.84. The molecule has 3 aliphatic heterocycles. The molecule has 4 rings (SSSR count). The molecule has 2 fully saturated rings. The molecule has 0 bridgehead atoms. The Morgan fingerprint density at radius 3 is 2.26 bits per heavy atom. The first kappa shape index (κ1) is 18.6. The highest BCUT2D eigenvalue weighted by atomic mass is 32.2. The quantitative estimate of drug-likeness (QED) is 0.777. The standard InChI is InChI=1S/C19H24N2O5S/c22-18(20-12-8-19(9-13-20)25-14-15-26-19)16-6-10-21(11-7-16)27(23,24)17-4-2-1-3-5-17/h1-6H,7-15H2. The van der Waals surface area contributed by atoms with E-state index in [1.54, 1.807) is 36.4 Å². The first-order valence-corrected chi connectivity index (χ1v) is 10.8. The van der Waals surface area contributed by atoms with E-state index in [0.717, 1.165) is 0 Å². The molecule has 0 unspecified atom stereocenters. The molecule has 0 N–H and O–H groups in total. The molecule has 0 aromatic heterocycles. The van der Waals surface area contributed by atoms with Crippen LogP contribution in [-0.2, 0) is 24.3 Å². The summed E-state index contributed by atoms with van der Waals surface area (Å²) in [4.78, 5) is 14.9. The van der Waals surface area contributed by atoms with E-state index in [2.05, 4.69) is 0 Å². The minimum atomic E-state index is -3.52. The van der Waals surface area contributed by atoms with Crippen LogP contribution < -0.4 is 0 Å². The lowest BCUT2D eigenvalue weighted by molar-refractivity contribution is -0.186. The van der Waals surface area contributed by atoms with Crippen LogP contribution in [0.15, 0.2) is 46.9 Å². The van der Waals surface area contributed by atoms with Gasteiger partial charge in [-0.2, -0.15) is 4.31 Å². The van der Waals surface area contributed by atoms with Gasteiger partial charge in [0.05, 0.1) is 18.1 Å². The fourth-order valence-corrected chi connectivity index (χ4v) is 5.25. The monoisotopic (exact) mass is 392 g/mol. The SMILES string of the molecule is O=C(C1=CCN(S(=O)(=O)c2ccccc2)CC1)N1CCC2(CC1)OCCO2. The van der Waals surface area contributed by atoms with Gasteiger partial charge in [-0.1, -0.05) is 24.3 Å². The maximum Gasteiger partial charge on any atom is 0.249 e. The van der Waals surface area contributed by atoms with Crippen molar-refractivity contribution in [1.82, 2.24) is 9.21 Å². The molecule has 1 spiro atoms. The molecule has 146 valence electrons. The number of amides is 1. The Morgan fingerprint density at radius 2 is 1.67 bits per heavy atom. The molecule has 0 radical (unpaired) electrons. The van der Waals surface area contributed by atoms with Crippen molar-refractivity contribution in [3.63, 3.8) is 0 Å². The van der Waals surface area contributed by atoms with Gasteiger partial charge in [-0.25, -0.2) is 8.42 Å². The highest BCUT2D eigenvalue weighted by Gasteiger charge is 2.41. The second-order valence-electron chi connectivity index (χ2n) is 7.06. The zero-order valence-corrected chi connectivity index (χ0v) is 16.0. The Hall–Kier alpha value is -1.74. The van der Waals surface area contributed by atoms with Crippen molar-refractivity contribution in [2.24, 2.45) is 0 Å². The zero-order valence-electron chi connectivity index (χ0n) is 15.2. The van der Waals surface area contributed by atoms with Crippen LogP contribution in [-0.4, -0.2) is 68.7 Å². The summed E-state index contributed by atoms with van der Waals surface area (Å²) in [5, 5.41) is 0. The maximum atomic E-state index is 12.8. The first-order valence-electron chi connectivity index (χ1n) is 9.32. The first-order chi connectivity index (χ1) is 13.0. The fraction of sp³-hybridized carbons (Fsp3) is 0.526. The molecule has 0 atom stereocenters. The number of carbonyl (C=O) groups excluding carboxylic acids is 1. The lowest BCUT2D eigenvalue weighted by atomic mass is 10.0. The molecular weight excluding hydrogens is 368 g/mol. The van der Waals surface area contributed by atoms with E-state index in [9.17, 15) is 13.2 Å². The summed E-state index contributed by atoms with van der Waals surface area (Å²) < 4.78 is 38.2. The average Bonchev–Trinajstić information content (AvgIpc) is 3.17. The normalized spacial score (nSPS) is 23.4. The van der Waals surface area contributed by atoms with Gasteiger partial charge < -0.3 is 14.4 Å². The molecule has 1 aromatic rings. The summed E-state index contributed by atoms with van der Waals surface area (Å²) in [7, 11) is -3.52. The zero-order chi connectivity index (χ0) is 18.9. The summed E-state index contributed by atoms with van der Waals surface area (Å²) in [6, 6.07) is 8.40.